The number of nitro groups is 1. The van der Waals surface area contributed by atoms with Gasteiger partial charge >= 0.3 is 5.69 Å². The van der Waals surface area contributed by atoms with Crippen LogP contribution in [0.4, 0.5) is 10.1 Å². The van der Waals surface area contributed by atoms with Crippen molar-refractivity contribution < 1.29 is 9.31 Å². The molecule has 0 radical (unpaired) electrons. The molecule has 0 aliphatic heterocycles. The Kier molecular flexibility index (Phi) is 4.31. The molecule has 0 saturated carbocycles. The fourth-order valence-corrected chi connectivity index (χ4v) is 1.68. The lowest BCUT2D eigenvalue weighted by atomic mass is 10.2. The third-order valence-corrected chi connectivity index (χ3v) is 2.71. The zero-order valence-electron chi connectivity index (χ0n) is 10.8. The molecular formula is C13H13FN4O2. The average molecular weight is 276 g/mol. The molecule has 6 nitrogen and oxygen atoms in total. The van der Waals surface area contributed by atoms with Crippen molar-refractivity contribution >= 4 is 5.69 Å². The molecule has 20 heavy (non-hydrogen) atoms. The summed E-state index contributed by atoms with van der Waals surface area (Å²) >= 11 is 0. The quantitative estimate of drug-likeness (QED) is 0.668. The van der Waals surface area contributed by atoms with E-state index in [0.29, 0.717) is 6.54 Å². The molecule has 2 aromatic rings. The van der Waals surface area contributed by atoms with Gasteiger partial charge in [-0.05, 0) is 6.92 Å². The highest BCUT2D eigenvalue weighted by molar-refractivity contribution is 5.36. The van der Waals surface area contributed by atoms with Crippen molar-refractivity contribution in [1.82, 2.24) is 15.3 Å². The van der Waals surface area contributed by atoms with E-state index in [-0.39, 0.29) is 12.1 Å². The number of nitrogens with zero attached hydrogens (tertiary/aromatic N) is 3. The SMILES string of the molecule is Cc1cnc(CNCc2cccc([N+](=O)[O-])c2F)cn1. The Morgan fingerprint density at radius 1 is 1.30 bits per heavy atom. The minimum Gasteiger partial charge on any atom is -0.307 e. The van der Waals surface area contributed by atoms with Gasteiger partial charge in [0.25, 0.3) is 0 Å². The van der Waals surface area contributed by atoms with E-state index in [1.54, 1.807) is 12.4 Å². The van der Waals surface area contributed by atoms with Gasteiger partial charge in [-0.15, -0.1) is 0 Å². The van der Waals surface area contributed by atoms with Crippen molar-refractivity contribution in [1.29, 1.82) is 0 Å². The van der Waals surface area contributed by atoms with Gasteiger partial charge in [-0.3, -0.25) is 20.1 Å². The van der Waals surface area contributed by atoms with Crippen LogP contribution in [0.5, 0.6) is 0 Å². The van der Waals surface area contributed by atoms with Crippen molar-refractivity contribution in [3.8, 4) is 0 Å². The van der Waals surface area contributed by atoms with E-state index < -0.39 is 16.4 Å². The first-order valence-electron chi connectivity index (χ1n) is 5.98. The maximum Gasteiger partial charge on any atom is 0.305 e. The highest BCUT2D eigenvalue weighted by Gasteiger charge is 2.16. The van der Waals surface area contributed by atoms with E-state index in [2.05, 4.69) is 15.3 Å². The molecule has 0 aliphatic carbocycles. The van der Waals surface area contributed by atoms with Crippen molar-refractivity contribution in [3.63, 3.8) is 0 Å². The Balaban J connectivity index is 1.99. The topological polar surface area (TPSA) is 81.0 Å². The van der Waals surface area contributed by atoms with Crippen LogP contribution in [0.15, 0.2) is 30.6 Å². The Hall–Kier alpha value is -2.41. The van der Waals surface area contributed by atoms with Crippen molar-refractivity contribution in [3.05, 3.63) is 63.5 Å². The summed E-state index contributed by atoms with van der Waals surface area (Å²) in [5, 5.41) is 13.6. The summed E-state index contributed by atoms with van der Waals surface area (Å²) in [7, 11) is 0. The van der Waals surface area contributed by atoms with Crippen LogP contribution < -0.4 is 5.32 Å². The van der Waals surface area contributed by atoms with E-state index in [9.17, 15) is 14.5 Å². The number of rotatable bonds is 5. The molecular weight excluding hydrogens is 263 g/mol. The van der Waals surface area contributed by atoms with Gasteiger partial charge in [0.15, 0.2) is 0 Å². The van der Waals surface area contributed by atoms with E-state index in [1.807, 2.05) is 6.92 Å². The van der Waals surface area contributed by atoms with Gasteiger partial charge in [-0.2, -0.15) is 4.39 Å². The number of halogens is 1. The van der Waals surface area contributed by atoms with E-state index in [4.69, 9.17) is 0 Å². The standard InChI is InChI=1S/C13H13FN4O2/c1-9-5-17-11(8-16-9)7-15-6-10-3-2-4-12(13(10)14)18(19)20/h2-5,8,15H,6-7H2,1H3. The second-order valence-corrected chi connectivity index (χ2v) is 4.26. The van der Waals surface area contributed by atoms with Gasteiger partial charge in [0, 0.05) is 37.1 Å². The maximum absolute atomic E-state index is 13.8. The lowest BCUT2D eigenvalue weighted by Gasteiger charge is -2.06. The number of hydrogen-bond acceptors (Lipinski definition) is 5. The Morgan fingerprint density at radius 3 is 2.75 bits per heavy atom. The van der Waals surface area contributed by atoms with Crippen LogP contribution in [0.1, 0.15) is 17.0 Å². The molecule has 2 rings (SSSR count). The lowest BCUT2D eigenvalue weighted by Crippen LogP contribution is -2.15. The first-order valence-corrected chi connectivity index (χ1v) is 5.98. The van der Waals surface area contributed by atoms with Crippen LogP contribution in [-0.4, -0.2) is 14.9 Å². The smallest absolute Gasteiger partial charge is 0.305 e. The Labute approximate surface area is 114 Å². The molecule has 0 unspecified atom stereocenters. The molecule has 1 aromatic carbocycles. The zero-order chi connectivity index (χ0) is 14.5. The molecule has 0 bridgehead atoms. The van der Waals surface area contributed by atoms with Gasteiger partial charge < -0.3 is 5.32 Å². The van der Waals surface area contributed by atoms with Gasteiger partial charge in [-0.1, -0.05) is 12.1 Å². The minimum atomic E-state index is -0.806. The molecule has 0 saturated heterocycles. The van der Waals surface area contributed by atoms with Crippen molar-refractivity contribution in [2.24, 2.45) is 0 Å². The summed E-state index contributed by atoms with van der Waals surface area (Å²) in [5.41, 5.74) is 1.28. The molecule has 7 heteroatoms. The normalized spacial score (nSPS) is 10.5. The first-order chi connectivity index (χ1) is 9.58. The van der Waals surface area contributed by atoms with Gasteiger partial charge in [0.2, 0.25) is 5.82 Å². The van der Waals surface area contributed by atoms with Gasteiger partial charge in [0.05, 0.1) is 16.3 Å². The number of nitrogens with one attached hydrogen (secondary N) is 1. The lowest BCUT2D eigenvalue weighted by molar-refractivity contribution is -0.387. The average Bonchev–Trinajstić information content (AvgIpc) is 2.42. The molecule has 0 fully saturated rings. The number of benzene rings is 1. The fraction of sp³-hybridized carbons (Fsp3) is 0.231. The second kappa shape index (κ2) is 6.16. The third kappa shape index (κ3) is 3.33. The van der Waals surface area contributed by atoms with E-state index in [1.165, 1.54) is 12.1 Å². The van der Waals surface area contributed by atoms with Crippen molar-refractivity contribution in [2.45, 2.75) is 20.0 Å². The predicted molar refractivity (Wildman–Crippen MR) is 70.4 cm³/mol. The molecule has 0 spiro atoms. The maximum atomic E-state index is 13.8. The largest absolute Gasteiger partial charge is 0.307 e. The van der Waals surface area contributed by atoms with Crippen LogP contribution in [0.25, 0.3) is 0 Å². The highest BCUT2D eigenvalue weighted by Crippen LogP contribution is 2.19. The Bertz CT molecular complexity index is 616. The summed E-state index contributed by atoms with van der Waals surface area (Å²) in [6.07, 6.45) is 3.27. The summed E-state index contributed by atoms with van der Waals surface area (Å²) in [6, 6.07) is 4.12. The zero-order valence-corrected chi connectivity index (χ0v) is 10.8. The van der Waals surface area contributed by atoms with Crippen LogP contribution in [0.3, 0.4) is 0 Å². The van der Waals surface area contributed by atoms with Crippen LogP contribution in [0.2, 0.25) is 0 Å². The summed E-state index contributed by atoms with van der Waals surface area (Å²) in [6.45, 7) is 2.43. The molecule has 0 aliphatic rings. The van der Waals surface area contributed by atoms with E-state index in [0.717, 1.165) is 17.5 Å². The molecule has 1 N–H and O–H groups in total. The van der Waals surface area contributed by atoms with Gasteiger partial charge in [0.1, 0.15) is 0 Å². The molecule has 1 aromatic heterocycles. The minimum absolute atomic E-state index is 0.184. The molecule has 104 valence electrons. The molecule has 0 atom stereocenters. The number of aryl methyl sites for hydroxylation is 1. The second-order valence-electron chi connectivity index (χ2n) is 4.26. The monoisotopic (exact) mass is 276 g/mol. The third-order valence-electron chi connectivity index (χ3n) is 2.71. The molecule has 1 heterocycles. The number of nitro benzene ring substituents is 1. The van der Waals surface area contributed by atoms with Crippen LogP contribution >= 0.6 is 0 Å². The summed E-state index contributed by atoms with van der Waals surface area (Å²) in [5.74, 6) is -0.806. The van der Waals surface area contributed by atoms with E-state index >= 15 is 0 Å². The summed E-state index contributed by atoms with van der Waals surface area (Å²) in [4.78, 5) is 18.1. The van der Waals surface area contributed by atoms with Gasteiger partial charge in [-0.25, -0.2) is 0 Å². The highest BCUT2D eigenvalue weighted by atomic mass is 19.1. The first kappa shape index (κ1) is 14.0. The van der Waals surface area contributed by atoms with Crippen LogP contribution in [0, 0.1) is 22.9 Å². The Morgan fingerprint density at radius 2 is 2.10 bits per heavy atom. The van der Waals surface area contributed by atoms with Crippen molar-refractivity contribution in [2.75, 3.05) is 0 Å². The molecule has 0 amide bonds. The number of hydrogen-bond donors (Lipinski definition) is 1. The number of aromatic nitrogens is 2. The predicted octanol–water partition coefficient (Wildman–Crippen LogP) is 2.12. The summed E-state index contributed by atoms with van der Waals surface area (Å²) < 4.78 is 13.8. The van der Waals surface area contributed by atoms with Crippen LogP contribution in [-0.2, 0) is 13.1 Å². The fourth-order valence-electron chi connectivity index (χ4n) is 1.68.